The van der Waals surface area contributed by atoms with Crippen LogP contribution in [0, 0.1) is 0 Å². The molecule has 1 aliphatic heterocycles. The van der Waals surface area contributed by atoms with Crippen molar-refractivity contribution < 1.29 is 23.9 Å². The molecule has 1 aliphatic rings. The Morgan fingerprint density at radius 3 is 2.48 bits per heavy atom. The van der Waals surface area contributed by atoms with Crippen molar-refractivity contribution in [2.75, 3.05) is 13.2 Å². The third kappa shape index (κ3) is 6.50. The van der Waals surface area contributed by atoms with E-state index < -0.39 is 11.7 Å². The minimum absolute atomic E-state index is 0.298. The van der Waals surface area contributed by atoms with E-state index in [2.05, 4.69) is 10.6 Å². The van der Waals surface area contributed by atoms with Gasteiger partial charge in [0.25, 0.3) is 11.1 Å². The molecule has 1 aromatic rings. The first-order chi connectivity index (χ1) is 11.7. The highest BCUT2D eigenvalue weighted by Crippen LogP contribution is 2.26. The number of alkyl carbamates (subject to hydrolysis) is 1. The van der Waals surface area contributed by atoms with Gasteiger partial charge in [0, 0.05) is 0 Å². The fourth-order valence-electron chi connectivity index (χ4n) is 1.87. The third-order valence-electron chi connectivity index (χ3n) is 2.86. The number of rotatable bonds is 5. The second kappa shape index (κ2) is 8.06. The van der Waals surface area contributed by atoms with Crippen molar-refractivity contribution in [3.05, 3.63) is 34.7 Å². The lowest BCUT2D eigenvalue weighted by Gasteiger charge is -2.19. The Labute approximate surface area is 150 Å². The standard InChI is InChI=1S/C17H20N2O5S/c1-17(2,3)24-15(21)18-8-9-23-12-6-4-11(5-7-12)10-13-14(20)19-16(22)25-13/h4-7,10H,8-9H2,1-3H3,(H,18,21)(H,19,20,22)/b13-10+. The topological polar surface area (TPSA) is 93.7 Å². The van der Waals surface area contributed by atoms with Gasteiger partial charge in [-0.1, -0.05) is 12.1 Å². The summed E-state index contributed by atoms with van der Waals surface area (Å²) in [5.74, 6) is 0.247. The van der Waals surface area contributed by atoms with Crippen LogP contribution < -0.4 is 15.4 Å². The smallest absolute Gasteiger partial charge is 0.407 e. The molecule has 25 heavy (non-hydrogen) atoms. The molecule has 0 unspecified atom stereocenters. The molecule has 0 atom stereocenters. The number of hydrogen-bond donors (Lipinski definition) is 2. The zero-order valence-corrected chi connectivity index (χ0v) is 15.1. The van der Waals surface area contributed by atoms with Crippen molar-refractivity contribution in [1.29, 1.82) is 0 Å². The van der Waals surface area contributed by atoms with Crippen molar-refractivity contribution in [2.24, 2.45) is 0 Å². The SMILES string of the molecule is CC(C)(C)OC(=O)NCCOc1ccc(/C=C2/SC(=O)NC2=O)cc1. The van der Waals surface area contributed by atoms with E-state index in [9.17, 15) is 14.4 Å². The van der Waals surface area contributed by atoms with Gasteiger partial charge in [0.1, 0.15) is 18.0 Å². The van der Waals surface area contributed by atoms with Crippen LogP contribution >= 0.6 is 11.8 Å². The lowest BCUT2D eigenvalue weighted by Crippen LogP contribution is -2.34. The number of ether oxygens (including phenoxy) is 2. The maximum absolute atomic E-state index is 11.5. The second-order valence-corrected chi connectivity index (χ2v) is 7.21. The number of benzene rings is 1. The highest BCUT2D eigenvalue weighted by molar-refractivity contribution is 8.18. The van der Waals surface area contributed by atoms with Gasteiger partial charge in [0.05, 0.1) is 11.4 Å². The molecule has 0 aliphatic carbocycles. The number of imide groups is 1. The summed E-state index contributed by atoms with van der Waals surface area (Å²) in [6.45, 7) is 6.00. The van der Waals surface area contributed by atoms with Crippen molar-refractivity contribution in [1.82, 2.24) is 10.6 Å². The van der Waals surface area contributed by atoms with Crippen molar-refractivity contribution >= 4 is 35.1 Å². The summed E-state index contributed by atoms with van der Waals surface area (Å²) in [7, 11) is 0. The van der Waals surface area contributed by atoms with E-state index in [0.29, 0.717) is 23.8 Å². The van der Waals surface area contributed by atoms with Gasteiger partial charge in [-0.05, 0) is 56.3 Å². The summed E-state index contributed by atoms with van der Waals surface area (Å²) < 4.78 is 10.6. The molecule has 8 heteroatoms. The Hall–Kier alpha value is -2.48. The monoisotopic (exact) mass is 364 g/mol. The normalized spacial score (nSPS) is 15.9. The van der Waals surface area contributed by atoms with Gasteiger partial charge in [-0.25, -0.2) is 4.79 Å². The summed E-state index contributed by atoms with van der Waals surface area (Å²) >= 11 is 0.874. The fraction of sp³-hybridized carbons (Fsp3) is 0.353. The first-order valence-corrected chi connectivity index (χ1v) is 8.49. The van der Waals surface area contributed by atoms with Gasteiger partial charge >= 0.3 is 6.09 Å². The number of carbonyl (C=O) groups excluding carboxylic acids is 3. The molecular weight excluding hydrogens is 344 g/mol. The molecule has 1 saturated heterocycles. The Morgan fingerprint density at radius 1 is 1.24 bits per heavy atom. The molecule has 134 valence electrons. The first kappa shape index (κ1) is 18.9. The molecule has 1 fully saturated rings. The van der Waals surface area contributed by atoms with Gasteiger partial charge in [0.15, 0.2) is 0 Å². The summed E-state index contributed by atoms with van der Waals surface area (Å²) in [5, 5.41) is 4.44. The van der Waals surface area contributed by atoms with Crippen LogP contribution in [-0.2, 0) is 9.53 Å². The summed E-state index contributed by atoms with van der Waals surface area (Å²) in [6.07, 6.45) is 1.15. The molecule has 7 nitrogen and oxygen atoms in total. The molecule has 2 N–H and O–H groups in total. The number of nitrogens with one attached hydrogen (secondary N) is 2. The van der Waals surface area contributed by atoms with Crippen LogP contribution in [0.25, 0.3) is 6.08 Å². The molecule has 0 radical (unpaired) electrons. The van der Waals surface area contributed by atoms with Crippen molar-refractivity contribution in [2.45, 2.75) is 26.4 Å². The highest BCUT2D eigenvalue weighted by atomic mass is 32.2. The lowest BCUT2D eigenvalue weighted by molar-refractivity contribution is -0.115. The van der Waals surface area contributed by atoms with E-state index in [1.165, 1.54) is 0 Å². The zero-order chi connectivity index (χ0) is 18.4. The van der Waals surface area contributed by atoms with Gasteiger partial charge in [0.2, 0.25) is 0 Å². The predicted octanol–water partition coefficient (Wildman–Crippen LogP) is 2.91. The van der Waals surface area contributed by atoms with E-state index in [1.54, 1.807) is 51.1 Å². The van der Waals surface area contributed by atoms with Crippen LogP contribution in [0.3, 0.4) is 0 Å². The van der Waals surface area contributed by atoms with E-state index in [1.807, 2.05) is 0 Å². The Bertz CT molecular complexity index is 692. The number of thioether (sulfide) groups is 1. The van der Waals surface area contributed by atoms with Gasteiger partial charge in [-0.3, -0.25) is 14.9 Å². The molecule has 0 bridgehead atoms. The molecule has 0 aromatic heterocycles. The highest BCUT2D eigenvalue weighted by Gasteiger charge is 2.24. The zero-order valence-electron chi connectivity index (χ0n) is 14.3. The first-order valence-electron chi connectivity index (χ1n) is 7.67. The number of amides is 3. The van der Waals surface area contributed by atoms with E-state index in [-0.39, 0.29) is 11.1 Å². The molecule has 1 heterocycles. The molecular formula is C17H20N2O5S. The van der Waals surface area contributed by atoms with Crippen LogP contribution in [-0.4, -0.2) is 36.0 Å². The molecule has 0 saturated carbocycles. The number of hydrogen-bond acceptors (Lipinski definition) is 6. The second-order valence-electron chi connectivity index (χ2n) is 6.20. The average molecular weight is 364 g/mol. The van der Waals surface area contributed by atoms with Crippen LogP contribution in [0.2, 0.25) is 0 Å². The van der Waals surface area contributed by atoms with Crippen molar-refractivity contribution in [3.63, 3.8) is 0 Å². The fourth-order valence-corrected chi connectivity index (χ4v) is 2.55. The third-order valence-corrected chi connectivity index (χ3v) is 3.67. The average Bonchev–Trinajstić information content (AvgIpc) is 2.81. The maximum atomic E-state index is 11.5. The summed E-state index contributed by atoms with van der Waals surface area (Å²) in [6, 6.07) is 7.05. The van der Waals surface area contributed by atoms with Crippen molar-refractivity contribution in [3.8, 4) is 5.75 Å². The van der Waals surface area contributed by atoms with Crippen LogP contribution in [0.4, 0.5) is 9.59 Å². The predicted molar refractivity (Wildman–Crippen MR) is 95.3 cm³/mol. The Balaban J connectivity index is 1.77. The van der Waals surface area contributed by atoms with Gasteiger partial charge < -0.3 is 14.8 Å². The van der Waals surface area contributed by atoms with E-state index >= 15 is 0 Å². The van der Waals surface area contributed by atoms with E-state index in [0.717, 1.165) is 17.3 Å². The van der Waals surface area contributed by atoms with Crippen LogP contribution in [0.1, 0.15) is 26.3 Å². The Morgan fingerprint density at radius 2 is 1.92 bits per heavy atom. The van der Waals surface area contributed by atoms with Gasteiger partial charge in [-0.2, -0.15) is 0 Å². The van der Waals surface area contributed by atoms with E-state index in [4.69, 9.17) is 9.47 Å². The quantitative estimate of drug-likeness (QED) is 0.616. The molecule has 1 aromatic carbocycles. The minimum Gasteiger partial charge on any atom is -0.492 e. The largest absolute Gasteiger partial charge is 0.492 e. The molecule has 3 amide bonds. The number of carbonyl (C=O) groups is 3. The maximum Gasteiger partial charge on any atom is 0.407 e. The van der Waals surface area contributed by atoms with Crippen LogP contribution in [0.15, 0.2) is 29.2 Å². The van der Waals surface area contributed by atoms with Crippen LogP contribution in [0.5, 0.6) is 5.75 Å². The summed E-state index contributed by atoms with van der Waals surface area (Å²) in [5.41, 5.74) is 0.251. The van der Waals surface area contributed by atoms with Gasteiger partial charge in [-0.15, -0.1) is 0 Å². The lowest BCUT2D eigenvalue weighted by atomic mass is 10.2. The minimum atomic E-state index is -0.533. The Kier molecular flexibility index (Phi) is 6.08. The molecule has 2 rings (SSSR count). The summed E-state index contributed by atoms with van der Waals surface area (Å²) in [4.78, 5) is 34.4. The molecule has 0 spiro atoms.